The van der Waals surface area contributed by atoms with Crippen LogP contribution in [0.25, 0.3) is 0 Å². The van der Waals surface area contributed by atoms with Gasteiger partial charge in [0.25, 0.3) is 11.5 Å². The SMILES string of the molecule is Cc1n[nH]c(=O)c(C(=O)N2C[C@H](C)O[C@@H](c3ccccc3)C2)c1C. The fourth-order valence-electron chi connectivity index (χ4n) is 3.01. The van der Waals surface area contributed by atoms with Crippen molar-refractivity contribution in [3.8, 4) is 0 Å². The lowest BCUT2D eigenvalue weighted by Gasteiger charge is -2.37. The average molecular weight is 327 g/mol. The van der Waals surface area contributed by atoms with Gasteiger partial charge in [0.2, 0.25) is 0 Å². The summed E-state index contributed by atoms with van der Waals surface area (Å²) in [7, 11) is 0. The van der Waals surface area contributed by atoms with Crippen LogP contribution in [0.5, 0.6) is 0 Å². The number of ether oxygens (including phenoxy) is 1. The number of benzene rings is 1. The number of carbonyl (C=O) groups is 1. The van der Waals surface area contributed by atoms with Crippen LogP contribution in [0.4, 0.5) is 0 Å². The second kappa shape index (κ2) is 6.57. The van der Waals surface area contributed by atoms with Crippen LogP contribution in [0.2, 0.25) is 0 Å². The molecule has 1 aliphatic rings. The largest absolute Gasteiger partial charge is 0.367 e. The molecule has 6 heteroatoms. The Morgan fingerprint density at radius 3 is 2.67 bits per heavy atom. The van der Waals surface area contributed by atoms with Crippen molar-refractivity contribution in [2.75, 3.05) is 13.1 Å². The standard InChI is InChI=1S/C18H21N3O3/c1-11-9-21(10-15(24-11)14-7-5-4-6-8-14)18(23)16-12(2)13(3)19-20-17(16)22/h4-8,11,15H,9-10H2,1-3H3,(H,20,22)/t11-,15+/m0/s1. The van der Waals surface area contributed by atoms with Gasteiger partial charge in [0.15, 0.2) is 0 Å². The fraction of sp³-hybridized carbons (Fsp3) is 0.389. The summed E-state index contributed by atoms with van der Waals surface area (Å²) in [6.45, 7) is 6.35. The van der Waals surface area contributed by atoms with Crippen LogP contribution in [0.1, 0.15) is 40.2 Å². The lowest BCUT2D eigenvalue weighted by atomic mass is 10.0. The molecule has 0 bridgehead atoms. The minimum Gasteiger partial charge on any atom is -0.367 e. The Balaban J connectivity index is 1.90. The molecular formula is C18H21N3O3. The first-order valence-electron chi connectivity index (χ1n) is 8.03. The number of aromatic nitrogens is 2. The van der Waals surface area contributed by atoms with Crippen LogP contribution >= 0.6 is 0 Å². The van der Waals surface area contributed by atoms with Crippen molar-refractivity contribution in [3.05, 3.63) is 63.1 Å². The molecule has 0 aliphatic carbocycles. The maximum Gasteiger partial charge on any atom is 0.277 e. The second-order valence-corrected chi connectivity index (χ2v) is 6.19. The number of aromatic amines is 1. The van der Waals surface area contributed by atoms with Crippen molar-refractivity contribution in [2.45, 2.75) is 33.0 Å². The zero-order valence-corrected chi connectivity index (χ0v) is 14.1. The third-order valence-electron chi connectivity index (χ3n) is 4.40. The van der Waals surface area contributed by atoms with Crippen molar-refractivity contribution in [1.29, 1.82) is 0 Å². The molecule has 1 aromatic carbocycles. The van der Waals surface area contributed by atoms with Crippen molar-refractivity contribution in [2.24, 2.45) is 0 Å². The van der Waals surface area contributed by atoms with Gasteiger partial charge in [-0.2, -0.15) is 5.10 Å². The average Bonchev–Trinajstić information content (AvgIpc) is 2.58. The highest BCUT2D eigenvalue weighted by Gasteiger charge is 2.31. The van der Waals surface area contributed by atoms with Gasteiger partial charge in [0.05, 0.1) is 18.3 Å². The van der Waals surface area contributed by atoms with Gasteiger partial charge >= 0.3 is 0 Å². The maximum absolute atomic E-state index is 12.9. The Morgan fingerprint density at radius 1 is 1.25 bits per heavy atom. The molecule has 1 aromatic heterocycles. The van der Waals surface area contributed by atoms with Gasteiger partial charge in [-0.25, -0.2) is 5.10 Å². The summed E-state index contributed by atoms with van der Waals surface area (Å²) >= 11 is 0. The Bertz CT molecular complexity index is 801. The molecule has 2 heterocycles. The zero-order chi connectivity index (χ0) is 17.3. The lowest BCUT2D eigenvalue weighted by Crippen LogP contribution is -2.47. The molecule has 2 aromatic rings. The smallest absolute Gasteiger partial charge is 0.277 e. The van der Waals surface area contributed by atoms with Crippen LogP contribution in [0.15, 0.2) is 35.1 Å². The summed E-state index contributed by atoms with van der Waals surface area (Å²) in [6, 6.07) is 9.82. The number of hydrogen-bond acceptors (Lipinski definition) is 4. The summed E-state index contributed by atoms with van der Waals surface area (Å²) in [4.78, 5) is 26.7. The van der Waals surface area contributed by atoms with E-state index >= 15 is 0 Å². The van der Waals surface area contributed by atoms with E-state index in [4.69, 9.17) is 4.74 Å². The Hall–Kier alpha value is -2.47. The van der Waals surface area contributed by atoms with Gasteiger partial charge in [0, 0.05) is 6.54 Å². The first kappa shape index (κ1) is 16.4. The van der Waals surface area contributed by atoms with Crippen LogP contribution in [-0.4, -0.2) is 40.2 Å². The van der Waals surface area contributed by atoms with E-state index in [0.717, 1.165) is 5.56 Å². The van der Waals surface area contributed by atoms with E-state index in [2.05, 4.69) is 10.2 Å². The first-order chi connectivity index (χ1) is 11.5. The molecule has 1 aliphatic heterocycles. The third-order valence-corrected chi connectivity index (χ3v) is 4.40. The van der Waals surface area contributed by atoms with Crippen LogP contribution in [-0.2, 0) is 4.74 Å². The molecule has 1 N–H and O–H groups in total. The predicted octanol–water partition coefficient (Wildman–Crippen LogP) is 1.99. The predicted molar refractivity (Wildman–Crippen MR) is 90.0 cm³/mol. The fourth-order valence-corrected chi connectivity index (χ4v) is 3.01. The molecule has 0 saturated carbocycles. The molecular weight excluding hydrogens is 306 g/mol. The molecule has 1 saturated heterocycles. The number of amides is 1. The van der Waals surface area contributed by atoms with Gasteiger partial charge in [-0.15, -0.1) is 0 Å². The molecule has 1 amide bonds. The number of hydrogen-bond donors (Lipinski definition) is 1. The van der Waals surface area contributed by atoms with Gasteiger partial charge in [0.1, 0.15) is 11.7 Å². The van der Waals surface area contributed by atoms with Crippen molar-refractivity contribution >= 4 is 5.91 Å². The van der Waals surface area contributed by atoms with Crippen molar-refractivity contribution in [1.82, 2.24) is 15.1 Å². The summed E-state index contributed by atoms with van der Waals surface area (Å²) in [5, 5.41) is 6.31. The number of carbonyl (C=O) groups excluding carboxylic acids is 1. The monoisotopic (exact) mass is 327 g/mol. The Kier molecular flexibility index (Phi) is 4.49. The van der Waals surface area contributed by atoms with E-state index in [9.17, 15) is 9.59 Å². The first-order valence-corrected chi connectivity index (χ1v) is 8.03. The van der Waals surface area contributed by atoms with E-state index in [1.54, 1.807) is 18.7 Å². The van der Waals surface area contributed by atoms with Crippen LogP contribution in [0.3, 0.4) is 0 Å². The van der Waals surface area contributed by atoms with Crippen LogP contribution in [0, 0.1) is 13.8 Å². The normalized spacial score (nSPS) is 20.9. The van der Waals surface area contributed by atoms with E-state index in [-0.39, 0.29) is 23.7 Å². The van der Waals surface area contributed by atoms with Crippen LogP contribution < -0.4 is 5.56 Å². The Labute approximate surface area is 140 Å². The minimum absolute atomic E-state index is 0.102. The molecule has 0 unspecified atom stereocenters. The molecule has 3 rings (SSSR count). The van der Waals surface area contributed by atoms with E-state index in [0.29, 0.717) is 24.3 Å². The highest BCUT2D eigenvalue weighted by Crippen LogP contribution is 2.26. The van der Waals surface area contributed by atoms with Crippen molar-refractivity contribution in [3.63, 3.8) is 0 Å². The van der Waals surface area contributed by atoms with Gasteiger partial charge in [-0.3, -0.25) is 9.59 Å². The summed E-state index contributed by atoms with van der Waals surface area (Å²) in [5.41, 5.74) is 2.03. The van der Waals surface area contributed by atoms with Gasteiger partial charge < -0.3 is 9.64 Å². The second-order valence-electron chi connectivity index (χ2n) is 6.19. The number of aryl methyl sites for hydroxylation is 1. The summed E-state index contributed by atoms with van der Waals surface area (Å²) < 4.78 is 5.98. The summed E-state index contributed by atoms with van der Waals surface area (Å²) in [6.07, 6.45) is -0.295. The molecule has 6 nitrogen and oxygen atoms in total. The molecule has 0 spiro atoms. The quantitative estimate of drug-likeness (QED) is 0.915. The number of H-pyrrole nitrogens is 1. The van der Waals surface area contributed by atoms with E-state index in [1.807, 2.05) is 37.3 Å². The number of rotatable bonds is 2. The van der Waals surface area contributed by atoms with Crippen molar-refractivity contribution < 1.29 is 9.53 Å². The maximum atomic E-state index is 12.9. The number of nitrogens with zero attached hydrogens (tertiary/aromatic N) is 2. The summed E-state index contributed by atoms with van der Waals surface area (Å²) in [5.74, 6) is -0.268. The number of morpholine rings is 1. The highest BCUT2D eigenvalue weighted by molar-refractivity contribution is 5.95. The number of nitrogens with one attached hydrogen (secondary N) is 1. The minimum atomic E-state index is -0.446. The molecule has 24 heavy (non-hydrogen) atoms. The highest BCUT2D eigenvalue weighted by atomic mass is 16.5. The third kappa shape index (κ3) is 3.10. The topological polar surface area (TPSA) is 75.3 Å². The van der Waals surface area contributed by atoms with E-state index < -0.39 is 5.56 Å². The van der Waals surface area contributed by atoms with Gasteiger partial charge in [-0.1, -0.05) is 30.3 Å². The molecule has 126 valence electrons. The molecule has 1 fully saturated rings. The zero-order valence-electron chi connectivity index (χ0n) is 14.1. The lowest BCUT2D eigenvalue weighted by molar-refractivity contribution is -0.0692. The molecule has 0 radical (unpaired) electrons. The van der Waals surface area contributed by atoms with E-state index in [1.165, 1.54) is 0 Å². The molecule has 2 atom stereocenters. The van der Waals surface area contributed by atoms with Gasteiger partial charge in [-0.05, 0) is 31.9 Å². The Morgan fingerprint density at radius 2 is 1.96 bits per heavy atom.